The van der Waals surface area contributed by atoms with Gasteiger partial charge in [-0.3, -0.25) is 4.79 Å². The molecule has 0 radical (unpaired) electrons. The second-order valence-electron chi connectivity index (χ2n) is 4.75. The molecule has 3 N–H and O–H groups in total. The van der Waals surface area contributed by atoms with Crippen molar-refractivity contribution in [2.45, 2.75) is 0 Å². The summed E-state index contributed by atoms with van der Waals surface area (Å²) in [6.07, 6.45) is 0. The molecular formula is C15H15ClFN3O. The van der Waals surface area contributed by atoms with E-state index in [1.54, 1.807) is 18.2 Å². The van der Waals surface area contributed by atoms with Crippen molar-refractivity contribution in [3.05, 3.63) is 52.8 Å². The van der Waals surface area contributed by atoms with Crippen molar-refractivity contribution in [2.24, 2.45) is 0 Å². The Morgan fingerprint density at radius 3 is 2.52 bits per heavy atom. The number of anilines is 3. The maximum atomic E-state index is 13.7. The first-order chi connectivity index (χ1) is 9.88. The van der Waals surface area contributed by atoms with Crippen LogP contribution in [0.15, 0.2) is 36.4 Å². The van der Waals surface area contributed by atoms with Crippen LogP contribution in [-0.2, 0) is 0 Å². The number of hydrogen-bond acceptors (Lipinski definition) is 3. The van der Waals surface area contributed by atoms with Crippen molar-refractivity contribution in [1.82, 2.24) is 0 Å². The zero-order valence-electron chi connectivity index (χ0n) is 11.7. The molecular weight excluding hydrogens is 293 g/mol. The first-order valence-electron chi connectivity index (χ1n) is 6.21. The molecule has 0 aliphatic heterocycles. The minimum Gasteiger partial charge on any atom is -0.399 e. The Morgan fingerprint density at radius 1 is 1.24 bits per heavy atom. The molecule has 0 aliphatic carbocycles. The van der Waals surface area contributed by atoms with E-state index in [1.807, 2.05) is 19.0 Å². The Bertz CT molecular complexity index is 689. The Hall–Kier alpha value is -2.27. The van der Waals surface area contributed by atoms with Crippen LogP contribution >= 0.6 is 11.6 Å². The standard InChI is InChI=1S/C15H15ClFN3O/c1-20(2)14-6-4-10(8-12(14)16)19-15(21)11-5-3-9(18)7-13(11)17/h3-8H,18H2,1-2H3,(H,19,21). The lowest BCUT2D eigenvalue weighted by atomic mass is 10.1. The number of nitrogen functional groups attached to an aromatic ring is 1. The molecule has 2 aromatic rings. The number of hydrogen-bond donors (Lipinski definition) is 2. The van der Waals surface area contributed by atoms with Gasteiger partial charge >= 0.3 is 0 Å². The number of nitrogens with one attached hydrogen (secondary N) is 1. The van der Waals surface area contributed by atoms with Crippen LogP contribution in [0.5, 0.6) is 0 Å². The van der Waals surface area contributed by atoms with E-state index in [0.29, 0.717) is 10.7 Å². The van der Waals surface area contributed by atoms with E-state index in [2.05, 4.69) is 5.32 Å². The van der Waals surface area contributed by atoms with Gasteiger partial charge in [0.2, 0.25) is 0 Å². The smallest absolute Gasteiger partial charge is 0.258 e. The number of amides is 1. The molecule has 4 nitrogen and oxygen atoms in total. The van der Waals surface area contributed by atoms with E-state index >= 15 is 0 Å². The minimum atomic E-state index is -0.663. The van der Waals surface area contributed by atoms with Crippen LogP contribution in [0.1, 0.15) is 10.4 Å². The van der Waals surface area contributed by atoms with Gasteiger partial charge in [-0.15, -0.1) is 0 Å². The van der Waals surface area contributed by atoms with Crippen LogP contribution in [0.4, 0.5) is 21.5 Å². The summed E-state index contributed by atoms with van der Waals surface area (Å²) in [4.78, 5) is 13.9. The van der Waals surface area contributed by atoms with Gasteiger partial charge in [-0.05, 0) is 36.4 Å². The van der Waals surface area contributed by atoms with E-state index in [9.17, 15) is 9.18 Å². The Kier molecular flexibility index (Phi) is 4.33. The van der Waals surface area contributed by atoms with Crippen molar-refractivity contribution >= 4 is 34.6 Å². The first kappa shape index (κ1) is 15.1. The lowest BCUT2D eigenvalue weighted by molar-refractivity contribution is 0.102. The molecule has 0 saturated carbocycles. The number of carbonyl (C=O) groups excluding carboxylic acids is 1. The minimum absolute atomic E-state index is 0.0722. The normalized spacial score (nSPS) is 10.3. The number of rotatable bonds is 3. The number of halogens is 2. The number of carbonyl (C=O) groups is 1. The lowest BCUT2D eigenvalue weighted by Gasteiger charge is -2.15. The van der Waals surface area contributed by atoms with Gasteiger partial charge in [-0.25, -0.2) is 4.39 Å². The molecule has 0 fully saturated rings. The van der Waals surface area contributed by atoms with Crippen LogP contribution < -0.4 is 16.0 Å². The summed E-state index contributed by atoms with van der Waals surface area (Å²) in [7, 11) is 3.73. The van der Waals surface area contributed by atoms with E-state index in [1.165, 1.54) is 12.1 Å². The van der Waals surface area contributed by atoms with Gasteiger partial charge in [0.25, 0.3) is 5.91 Å². The number of benzene rings is 2. The molecule has 0 unspecified atom stereocenters. The predicted molar refractivity (Wildman–Crippen MR) is 84.5 cm³/mol. The quantitative estimate of drug-likeness (QED) is 0.855. The fourth-order valence-corrected chi connectivity index (χ4v) is 2.21. The molecule has 0 spiro atoms. The zero-order chi connectivity index (χ0) is 15.6. The van der Waals surface area contributed by atoms with Crippen molar-refractivity contribution in [3.8, 4) is 0 Å². The molecule has 0 aromatic heterocycles. The van der Waals surface area contributed by atoms with Gasteiger partial charge in [0, 0.05) is 25.5 Å². The topological polar surface area (TPSA) is 58.4 Å². The van der Waals surface area contributed by atoms with E-state index in [4.69, 9.17) is 17.3 Å². The van der Waals surface area contributed by atoms with Gasteiger partial charge < -0.3 is 16.0 Å². The summed E-state index contributed by atoms with van der Waals surface area (Å²) in [6.45, 7) is 0. The summed E-state index contributed by atoms with van der Waals surface area (Å²) in [5.74, 6) is -1.22. The van der Waals surface area contributed by atoms with Crippen LogP contribution in [-0.4, -0.2) is 20.0 Å². The van der Waals surface area contributed by atoms with Crippen LogP contribution in [0.2, 0.25) is 5.02 Å². The maximum Gasteiger partial charge on any atom is 0.258 e. The van der Waals surface area contributed by atoms with Crippen LogP contribution in [0.25, 0.3) is 0 Å². The van der Waals surface area contributed by atoms with Gasteiger partial charge in [0.1, 0.15) is 5.82 Å². The monoisotopic (exact) mass is 307 g/mol. The molecule has 110 valence electrons. The van der Waals surface area contributed by atoms with Crippen molar-refractivity contribution in [3.63, 3.8) is 0 Å². The molecule has 0 bridgehead atoms. The SMILES string of the molecule is CN(C)c1ccc(NC(=O)c2ccc(N)cc2F)cc1Cl. The van der Waals surface area contributed by atoms with Crippen LogP contribution in [0, 0.1) is 5.82 Å². The van der Waals surface area contributed by atoms with E-state index < -0.39 is 11.7 Å². The van der Waals surface area contributed by atoms with E-state index in [0.717, 1.165) is 11.8 Å². The summed E-state index contributed by atoms with van der Waals surface area (Å²) in [5.41, 5.74) is 6.96. The third-order valence-corrected chi connectivity index (χ3v) is 3.23. The Labute approximate surface area is 127 Å². The second kappa shape index (κ2) is 6.01. The van der Waals surface area contributed by atoms with E-state index in [-0.39, 0.29) is 11.3 Å². The molecule has 0 atom stereocenters. The highest BCUT2D eigenvalue weighted by molar-refractivity contribution is 6.33. The number of nitrogens with two attached hydrogens (primary N) is 1. The average Bonchev–Trinajstić information content (AvgIpc) is 2.37. The maximum absolute atomic E-state index is 13.7. The summed E-state index contributed by atoms with van der Waals surface area (Å²) in [5, 5.41) is 3.10. The summed E-state index contributed by atoms with van der Waals surface area (Å²) < 4.78 is 13.7. The largest absolute Gasteiger partial charge is 0.399 e. The molecule has 0 heterocycles. The highest BCUT2D eigenvalue weighted by Crippen LogP contribution is 2.27. The highest BCUT2D eigenvalue weighted by atomic mass is 35.5. The second-order valence-corrected chi connectivity index (χ2v) is 5.16. The van der Waals surface area contributed by atoms with Crippen LogP contribution in [0.3, 0.4) is 0 Å². The molecule has 0 aliphatic rings. The fraction of sp³-hybridized carbons (Fsp3) is 0.133. The molecule has 2 aromatic carbocycles. The third-order valence-electron chi connectivity index (χ3n) is 2.93. The van der Waals surface area contributed by atoms with Gasteiger partial charge in [-0.1, -0.05) is 11.6 Å². The highest BCUT2D eigenvalue weighted by Gasteiger charge is 2.13. The Morgan fingerprint density at radius 2 is 1.95 bits per heavy atom. The molecule has 0 saturated heterocycles. The summed E-state index contributed by atoms with van der Waals surface area (Å²) >= 11 is 6.12. The van der Waals surface area contributed by atoms with Crippen molar-refractivity contribution in [1.29, 1.82) is 0 Å². The van der Waals surface area contributed by atoms with Gasteiger partial charge in [0.15, 0.2) is 0 Å². The summed E-state index contributed by atoms with van der Waals surface area (Å²) in [6, 6.07) is 9.02. The lowest BCUT2D eigenvalue weighted by Crippen LogP contribution is -2.14. The van der Waals surface area contributed by atoms with Crippen molar-refractivity contribution < 1.29 is 9.18 Å². The van der Waals surface area contributed by atoms with Crippen molar-refractivity contribution in [2.75, 3.05) is 30.0 Å². The molecule has 6 heteroatoms. The zero-order valence-corrected chi connectivity index (χ0v) is 12.4. The van der Waals surface area contributed by atoms with Gasteiger partial charge in [-0.2, -0.15) is 0 Å². The first-order valence-corrected chi connectivity index (χ1v) is 6.59. The molecule has 1 amide bonds. The Balaban J connectivity index is 2.22. The number of nitrogens with zero attached hydrogens (tertiary/aromatic N) is 1. The molecule has 21 heavy (non-hydrogen) atoms. The van der Waals surface area contributed by atoms with Gasteiger partial charge in [0.05, 0.1) is 16.3 Å². The third kappa shape index (κ3) is 3.44. The molecule has 2 rings (SSSR count). The fourth-order valence-electron chi connectivity index (χ4n) is 1.86. The predicted octanol–water partition coefficient (Wildman–Crippen LogP) is 3.38. The average molecular weight is 308 g/mol.